The Morgan fingerprint density at radius 1 is 1.22 bits per heavy atom. The molecule has 2 aliphatic rings. The predicted octanol–water partition coefficient (Wildman–Crippen LogP) is 1.57. The fourth-order valence-electron chi connectivity index (χ4n) is 3.48. The summed E-state index contributed by atoms with van der Waals surface area (Å²) in [6, 6.07) is 0. The molecule has 0 aromatic rings. The summed E-state index contributed by atoms with van der Waals surface area (Å²) in [6.45, 7) is 1.59. The first kappa shape index (κ1) is 13.8. The molecule has 2 fully saturated rings. The van der Waals surface area contributed by atoms with E-state index in [1.54, 1.807) is 0 Å². The summed E-state index contributed by atoms with van der Waals surface area (Å²) in [4.78, 5) is 11.4. The van der Waals surface area contributed by atoms with Gasteiger partial charge in [0.15, 0.2) is 0 Å². The van der Waals surface area contributed by atoms with Gasteiger partial charge in [-0.3, -0.25) is 4.79 Å². The highest BCUT2D eigenvalue weighted by Gasteiger charge is 2.43. The summed E-state index contributed by atoms with van der Waals surface area (Å²) in [6.07, 6.45) is 8.94. The van der Waals surface area contributed by atoms with Crippen LogP contribution in [0, 0.1) is 11.8 Å². The van der Waals surface area contributed by atoms with Crippen LogP contribution in [0.1, 0.15) is 51.4 Å². The van der Waals surface area contributed by atoms with E-state index in [2.05, 4.69) is 0 Å². The van der Waals surface area contributed by atoms with Crippen LogP contribution < -0.4 is 11.5 Å². The van der Waals surface area contributed by atoms with E-state index in [9.17, 15) is 4.79 Å². The molecule has 0 radical (unpaired) electrons. The van der Waals surface area contributed by atoms with Crippen molar-refractivity contribution in [2.75, 3.05) is 13.2 Å². The number of ether oxygens (including phenoxy) is 1. The highest BCUT2D eigenvalue weighted by molar-refractivity contribution is 5.85. The molecule has 0 spiro atoms. The summed E-state index contributed by atoms with van der Waals surface area (Å²) in [7, 11) is 0. The first-order valence-electron chi connectivity index (χ1n) is 7.29. The number of amides is 1. The van der Waals surface area contributed by atoms with Crippen molar-refractivity contribution in [2.45, 2.75) is 56.9 Å². The Balaban J connectivity index is 1.67. The van der Waals surface area contributed by atoms with Crippen molar-refractivity contribution >= 4 is 5.91 Å². The third-order valence-corrected chi connectivity index (χ3v) is 4.77. The molecule has 0 bridgehead atoms. The first-order chi connectivity index (χ1) is 8.63. The van der Waals surface area contributed by atoms with Gasteiger partial charge in [-0.1, -0.05) is 19.3 Å². The minimum Gasteiger partial charge on any atom is -0.381 e. The summed E-state index contributed by atoms with van der Waals surface area (Å²) >= 11 is 0. The second-order valence-corrected chi connectivity index (χ2v) is 6.01. The maximum atomic E-state index is 11.4. The van der Waals surface area contributed by atoms with Crippen LogP contribution in [0.5, 0.6) is 0 Å². The zero-order valence-corrected chi connectivity index (χ0v) is 11.2. The van der Waals surface area contributed by atoms with Gasteiger partial charge >= 0.3 is 0 Å². The molecule has 2 rings (SSSR count). The molecule has 2 saturated carbocycles. The van der Waals surface area contributed by atoms with Crippen LogP contribution in [0.4, 0.5) is 0 Å². The number of primary amides is 1. The van der Waals surface area contributed by atoms with Crippen LogP contribution in [0.3, 0.4) is 0 Å². The molecule has 4 nitrogen and oxygen atoms in total. The molecule has 2 atom stereocenters. The van der Waals surface area contributed by atoms with E-state index in [4.69, 9.17) is 16.2 Å². The van der Waals surface area contributed by atoms with Crippen molar-refractivity contribution in [3.63, 3.8) is 0 Å². The van der Waals surface area contributed by atoms with Crippen LogP contribution in [-0.4, -0.2) is 24.7 Å². The maximum Gasteiger partial charge on any atom is 0.237 e. The zero-order chi connectivity index (χ0) is 13.0. The topological polar surface area (TPSA) is 78.3 Å². The molecule has 0 saturated heterocycles. The molecule has 0 aliphatic heterocycles. The lowest BCUT2D eigenvalue weighted by Gasteiger charge is -2.28. The van der Waals surface area contributed by atoms with Crippen LogP contribution >= 0.6 is 0 Å². The molecule has 4 heteroatoms. The van der Waals surface area contributed by atoms with Gasteiger partial charge in [-0.05, 0) is 43.9 Å². The Morgan fingerprint density at radius 3 is 2.61 bits per heavy atom. The van der Waals surface area contributed by atoms with Gasteiger partial charge in [0.2, 0.25) is 5.91 Å². The van der Waals surface area contributed by atoms with Crippen molar-refractivity contribution in [3.05, 3.63) is 0 Å². The molecular weight excluding hydrogens is 228 g/mol. The van der Waals surface area contributed by atoms with Gasteiger partial charge in [-0.15, -0.1) is 0 Å². The third kappa shape index (κ3) is 3.04. The molecule has 0 heterocycles. The number of carbonyl (C=O) groups is 1. The lowest BCUT2D eigenvalue weighted by molar-refractivity contribution is -0.124. The highest BCUT2D eigenvalue weighted by atomic mass is 16.5. The molecule has 2 aliphatic carbocycles. The largest absolute Gasteiger partial charge is 0.381 e. The average Bonchev–Trinajstić information content (AvgIpc) is 2.95. The zero-order valence-electron chi connectivity index (χ0n) is 11.2. The SMILES string of the molecule is NC(=O)C1(N)CCCC1CCOCC1CCCC1. The van der Waals surface area contributed by atoms with Gasteiger partial charge in [0.25, 0.3) is 0 Å². The smallest absolute Gasteiger partial charge is 0.237 e. The number of nitrogens with two attached hydrogens (primary N) is 2. The molecule has 0 aromatic heterocycles. The van der Waals surface area contributed by atoms with Gasteiger partial charge in [0.1, 0.15) is 0 Å². The Labute approximate surface area is 109 Å². The molecule has 4 N–H and O–H groups in total. The number of hydrogen-bond donors (Lipinski definition) is 2. The van der Waals surface area contributed by atoms with E-state index in [1.807, 2.05) is 0 Å². The van der Waals surface area contributed by atoms with Gasteiger partial charge < -0.3 is 16.2 Å². The van der Waals surface area contributed by atoms with Crippen molar-refractivity contribution in [1.82, 2.24) is 0 Å². The van der Waals surface area contributed by atoms with E-state index < -0.39 is 5.54 Å². The van der Waals surface area contributed by atoms with Crippen molar-refractivity contribution in [3.8, 4) is 0 Å². The first-order valence-corrected chi connectivity index (χ1v) is 7.29. The molecular formula is C14H26N2O2. The predicted molar refractivity (Wildman–Crippen MR) is 70.8 cm³/mol. The second-order valence-electron chi connectivity index (χ2n) is 6.01. The number of carbonyl (C=O) groups excluding carboxylic acids is 1. The van der Waals surface area contributed by atoms with E-state index in [0.29, 0.717) is 6.61 Å². The van der Waals surface area contributed by atoms with Crippen molar-refractivity contribution in [1.29, 1.82) is 0 Å². The lowest BCUT2D eigenvalue weighted by Crippen LogP contribution is -2.54. The van der Waals surface area contributed by atoms with E-state index in [-0.39, 0.29) is 11.8 Å². The van der Waals surface area contributed by atoms with Gasteiger partial charge in [-0.25, -0.2) is 0 Å². The normalized spacial score (nSPS) is 33.1. The minimum atomic E-state index is -0.781. The summed E-state index contributed by atoms with van der Waals surface area (Å²) in [5, 5.41) is 0. The average molecular weight is 254 g/mol. The molecule has 2 unspecified atom stereocenters. The fourth-order valence-corrected chi connectivity index (χ4v) is 3.48. The van der Waals surface area contributed by atoms with E-state index in [1.165, 1.54) is 25.7 Å². The molecule has 0 aromatic carbocycles. The maximum absolute atomic E-state index is 11.4. The Bertz CT molecular complexity index is 290. The van der Waals surface area contributed by atoms with Gasteiger partial charge in [0, 0.05) is 13.2 Å². The van der Waals surface area contributed by atoms with Gasteiger partial charge in [0.05, 0.1) is 5.54 Å². The van der Waals surface area contributed by atoms with Gasteiger partial charge in [-0.2, -0.15) is 0 Å². The van der Waals surface area contributed by atoms with E-state index in [0.717, 1.165) is 38.2 Å². The minimum absolute atomic E-state index is 0.207. The Kier molecular flexibility index (Phi) is 4.62. The molecule has 18 heavy (non-hydrogen) atoms. The van der Waals surface area contributed by atoms with Crippen LogP contribution in [0.15, 0.2) is 0 Å². The van der Waals surface area contributed by atoms with Crippen LogP contribution in [0.2, 0.25) is 0 Å². The lowest BCUT2D eigenvalue weighted by atomic mass is 9.85. The quantitative estimate of drug-likeness (QED) is 0.706. The third-order valence-electron chi connectivity index (χ3n) is 4.77. The van der Waals surface area contributed by atoms with Crippen LogP contribution in [-0.2, 0) is 9.53 Å². The van der Waals surface area contributed by atoms with Crippen LogP contribution in [0.25, 0.3) is 0 Å². The summed E-state index contributed by atoms with van der Waals surface area (Å²) < 4.78 is 5.74. The van der Waals surface area contributed by atoms with Crippen molar-refractivity contribution < 1.29 is 9.53 Å². The summed E-state index contributed by atoms with van der Waals surface area (Å²) in [5.41, 5.74) is 10.8. The Morgan fingerprint density at radius 2 is 1.94 bits per heavy atom. The number of hydrogen-bond acceptors (Lipinski definition) is 3. The second kappa shape index (κ2) is 6.02. The fraction of sp³-hybridized carbons (Fsp3) is 0.929. The molecule has 104 valence electrons. The molecule has 1 amide bonds. The van der Waals surface area contributed by atoms with E-state index >= 15 is 0 Å². The Hall–Kier alpha value is -0.610. The monoisotopic (exact) mass is 254 g/mol. The van der Waals surface area contributed by atoms with Crippen molar-refractivity contribution in [2.24, 2.45) is 23.3 Å². The number of rotatable bonds is 6. The summed E-state index contributed by atoms with van der Waals surface area (Å²) in [5.74, 6) is 0.617. The highest BCUT2D eigenvalue weighted by Crippen LogP contribution is 2.36. The standard InChI is InChI=1S/C14H26N2O2/c15-13(17)14(16)8-3-6-12(14)7-9-18-10-11-4-1-2-5-11/h11-12H,1-10,16H2,(H2,15,17).